The lowest BCUT2D eigenvalue weighted by Crippen LogP contribution is -2.21. The molecule has 0 saturated carbocycles. The van der Waals surface area contributed by atoms with Gasteiger partial charge in [-0.2, -0.15) is 5.10 Å². The van der Waals surface area contributed by atoms with E-state index in [2.05, 4.69) is 36.1 Å². The molecule has 1 amide bonds. The number of nitrogens with zero attached hydrogens (tertiary/aromatic N) is 2. The van der Waals surface area contributed by atoms with Crippen molar-refractivity contribution in [2.24, 2.45) is 5.10 Å². The van der Waals surface area contributed by atoms with E-state index in [9.17, 15) is 18.3 Å². The van der Waals surface area contributed by atoms with Gasteiger partial charge >= 0.3 is 0 Å². The van der Waals surface area contributed by atoms with Crippen molar-refractivity contribution in [3.05, 3.63) is 82.3 Å². The molecule has 0 fully saturated rings. The van der Waals surface area contributed by atoms with Crippen LogP contribution in [0.15, 0.2) is 81.2 Å². The Balaban J connectivity index is 1.62. The summed E-state index contributed by atoms with van der Waals surface area (Å²) in [5, 5.41) is 14.2. The van der Waals surface area contributed by atoms with Crippen LogP contribution in [0, 0.1) is 0 Å². The van der Waals surface area contributed by atoms with Crippen LogP contribution >= 0.6 is 15.9 Å². The van der Waals surface area contributed by atoms with Crippen molar-refractivity contribution in [2.75, 3.05) is 22.7 Å². The minimum Gasteiger partial charge on any atom is -0.507 e. The molecule has 0 spiro atoms. The van der Waals surface area contributed by atoms with Crippen LogP contribution in [0.25, 0.3) is 0 Å². The highest BCUT2D eigenvalue weighted by molar-refractivity contribution is 9.10. The Hall–Kier alpha value is -3.37. The third kappa shape index (κ3) is 6.36. The van der Waals surface area contributed by atoms with E-state index in [1.807, 2.05) is 19.9 Å². The van der Waals surface area contributed by atoms with Crippen molar-refractivity contribution < 1.29 is 18.3 Å². The van der Waals surface area contributed by atoms with Crippen molar-refractivity contribution in [3.8, 4) is 5.75 Å². The predicted molar refractivity (Wildman–Crippen MR) is 138 cm³/mol. The van der Waals surface area contributed by atoms with E-state index in [0.717, 1.165) is 23.2 Å². The third-order valence-electron chi connectivity index (χ3n) is 5.04. The molecule has 0 aliphatic heterocycles. The standard InChI is InChI=1S/C24H25BrN4O4S/c1-3-29(4-2)21-12-7-18(23(30)15-21)16-26-27-24(31)17-5-10-20(11-6-17)28-34(32,33)22-13-8-19(25)9-14-22/h5-16,28,30H,3-4H2,1-2H3,(H,27,31). The van der Waals surface area contributed by atoms with Gasteiger partial charge in [0, 0.05) is 46.1 Å². The van der Waals surface area contributed by atoms with Crippen molar-refractivity contribution in [1.82, 2.24) is 5.43 Å². The quantitative estimate of drug-likeness (QED) is 0.270. The second kappa shape index (κ2) is 11.2. The van der Waals surface area contributed by atoms with Gasteiger partial charge in [-0.25, -0.2) is 13.8 Å². The Kier molecular flexibility index (Phi) is 8.30. The van der Waals surface area contributed by atoms with E-state index in [1.165, 1.54) is 42.6 Å². The van der Waals surface area contributed by atoms with E-state index in [0.29, 0.717) is 16.8 Å². The highest BCUT2D eigenvalue weighted by atomic mass is 79.9. The molecule has 3 aromatic rings. The maximum Gasteiger partial charge on any atom is 0.271 e. The van der Waals surface area contributed by atoms with Crippen LogP contribution in [0.1, 0.15) is 29.8 Å². The third-order valence-corrected chi connectivity index (χ3v) is 6.96. The number of hydrogen-bond donors (Lipinski definition) is 3. The summed E-state index contributed by atoms with van der Waals surface area (Å²) in [4.78, 5) is 14.6. The van der Waals surface area contributed by atoms with E-state index in [4.69, 9.17) is 0 Å². The molecule has 0 saturated heterocycles. The van der Waals surface area contributed by atoms with Gasteiger partial charge in [0.05, 0.1) is 11.1 Å². The lowest BCUT2D eigenvalue weighted by atomic mass is 10.2. The fourth-order valence-electron chi connectivity index (χ4n) is 3.17. The molecule has 0 aliphatic carbocycles. The molecule has 3 rings (SSSR count). The van der Waals surface area contributed by atoms with Crippen molar-refractivity contribution in [2.45, 2.75) is 18.7 Å². The number of sulfonamides is 1. The maximum absolute atomic E-state index is 12.5. The molecule has 0 radical (unpaired) electrons. The zero-order valence-electron chi connectivity index (χ0n) is 18.7. The summed E-state index contributed by atoms with van der Waals surface area (Å²) < 4.78 is 28.2. The molecule has 0 aliphatic rings. The SMILES string of the molecule is CCN(CC)c1ccc(C=NNC(=O)c2ccc(NS(=O)(=O)c3ccc(Br)cc3)cc2)c(O)c1. The molecule has 8 nitrogen and oxygen atoms in total. The molecule has 3 aromatic carbocycles. The van der Waals surface area contributed by atoms with Crippen LogP contribution in [0.4, 0.5) is 11.4 Å². The molecule has 34 heavy (non-hydrogen) atoms. The number of phenols is 1. The van der Waals surface area contributed by atoms with Crippen LogP contribution in [0.5, 0.6) is 5.75 Å². The number of phenolic OH excluding ortho intramolecular Hbond substituents is 1. The first-order chi connectivity index (χ1) is 16.2. The largest absolute Gasteiger partial charge is 0.507 e. The number of carbonyl (C=O) groups is 1. The lowest BCUT2D eigenvalue weighted by Gasteiger charge is -2.21. The molecule has 10 heteroatoms. The Labute approximate surface area is 207 Å². The van der Waals surface area contributed by atoms with E-state index in [-0.39, 0.29) is 10.6 Å². The minimum absolute atomic E-state index is 0.0600. The van der Waals surface area contributed by atoms with Gasteiger partial charge in [0.25, 0.3) is 15.9 Å². The van der Waals surface area contributed by atoms with E-state index >= 15 is 0 Å². The first-order valence-corrected chi connectivity index (χ1v) is 12.8. The van der Waals surface area contributed by atoms with Gasteiger partial charge in [-0.1, -0.05) is 15.9 Å². The zero-order valence-corrected chi connectivity index (χ0v) is 21.1. The number of hydrogen-bond acceptors (Lipinski definition) is 6. The summed E-state index contributed by atoms with van der Waals surface area (Å²) >= 11 is 3.27. The topological polar surface area (TPSA) is 111 Å². The van der Waals surface area contributed by atoms with Crippen LogP contribution in [0.2, 0.25) is 0 Å². The number of hydrazone groups is 1. The summed E-state index contributed by atoms with van der Waals surface area (Å²) in [6, 6.07) is 17.5. The van der Waals surface area contributed by atoms with Crippen LogP contribution in [-0.4, -0.2) is 38.7 Å². The number of amides is 1. The van der Waals surface area contributed by atoms with Gasteiger partial charge in [0.2, 0.25) is 0 Å². The summed E-state index contributed by atoms with van der Waals surface area (Å²) in [6.45, 7) is 5.72. The fraction of sp³-hybridized carbons (Fsp3) is 0.167. The van der Waals surface area contributed by atoms with Gasteiger partial charge in [-0.05, 0) is 74.5 Å². The van der Waals surface area contributed by atoms with Crippen LogP contribution < -0.4 is 15.0 Å². The fourth-order valence-corrected chi connectivity index (χ4v) is 4.49. The Morgan fingerprint density at radius 3 is 2.26 bits per heavy atom. The minimum atomic E-state index is -3.75. The number of rotatable bonds is 9. The maximum atomic E-state index is 12.5. The van der Waals surface area contributed by atoms with Crippen molar-refractivity contribution in [3.63, 3.8) is 0 Å². The number of anilines is 2. The summed E-state index contributed by atoms with van der Waals surface area (Å²) in [6.07, 6.45) is 1.36. The molecule has 0 bridgehead atoms. The second-order valence-electron chi connectivity index (χ2n) is 7.25. The number of halogens is 1. The Bertz CT molecular complexity index is 1270. The molecular formula is C24H25BrN4O4S. The molecule has 0 aromatic heterocycles. The summed E-state index contributed by atoms with van der Waals surface area (Å²) in [5.41, 5.74) is 4.38. The van der Waals surface area contributed by atoms with E-state index < -0.39 is 15.9 Å². The predicted octanol–water partition coefficient (Wildman–Crippen LogP) is 4.57. The normalized spacial score (nSPS) is 11.4. The molecule has 178 valence electrons. The average Bonchev–Trinajstić information content (AvgIpc) is 2.81. The summed E-state index contributed by atoms with van der Waals surface area (Å²) in [5.74, 6) is -0.414. The molecule has 0 atom stereocenters. The van der Waals surface area contributed by atoms with Crippen LogP contribution in [0.3, 0.4) is 0 Å². The van der Waals surface area contributed by atoms with Gasteiger partial charge in [-0.3, -0.25) is 9.52 Å². The van der Waals surface area contributed by atoms with Gasteiger partial charge in [0.1, 0.15) is 5.75 Å². The smallest absolute Gasteiger partial charge is 0.271 e. The van der Waals surface area contributed by atoms with Gasteiger partial charge < -0.3 is 10.0 Å². The highest BCUT2D eigenvalue weighted by Crippen LogP contribution is 2.23. The first kappa shape index (κ1) is 25.3. The van der Waals surface area contributed by atoms with Crippen molar-refractivity contribution in [1.29, 1.82) is 0 Å². The molecule has 0 heterocycles. The summed E-state index contributed by atoms with van der Waals surface area (Å²) in [7, 11) is -3.75. The number of carbonyl (C=O) groups excluding carboxylic acids is 1. The Morgan fingerprint density at radius 1 is 1.03 bits per heavy atom. The van der Waals surface area contributed by atoms with Crippen LogP contribution in [-0.2, 0) is 10.0 Å². The molecule has 3 N–H and O–H groups in total. The van der Waals surface area contributed by atoms with Gasteiger partial charge in [-0.15, -0.1) is 0 Å². The van der Waals surface area contributed by atoms with Gasteiger partial charge in [0.15, 0.2) is 0 Å². The Morgan fingerprint density at radius 2 is 1.68 bits per heavy atom. The first-order valence-electron chi connectivity index (χ1n) is 10.5. The average molecular weight is 545 g/mol. The van der Waals surface area contributed by atoms with Crippen molar-refractivity contribution >= 4 is 49.4 Å². The second-order valence-corrected chi connectivity index (χ2v) is 9.85. The number of aromatic hydroxyl groups is 1. The number of nitrogens with one attached hydrogen (secondary N) is 2. The molecule has 0 unspecified atom stereocenters. The highest BCUT2D eigenvalue weighted by Gasteiger charge is 2.14. The number of benzene rings is 3. The lowest BCUT2D eigenvalue weighted by molar-refractivity contribution is 0.0955. The molecular weight excluding hydrogens is 520 g/mol. The van der Waals surface area contributed by atoms with E-state index in [1.54, 1.807) is 24.3 Å². The monoisotopic (exact) mass is 544 g/mol. The zero-order chi connectivity index (χ0) is 24.7.